The zero-order chi connectivity index (χ0) is 12.2. The maximum absolute atomic E-state index is 3.55. The van der Waals surface area contributed by atoms with E-state index in [2.05, 4.69) is 24.6 Å². The maximum atomic E-state index is 3.55. The van der Waals surface area contributed by atoms with E-state index in [4.69, 9.17) is 0 Å². The van der Waals surface area contributed by atoms with E-state index in [1.807, 2.05) is 53.8 Å². The molecule has 0 aromatic carbocycles. The van der Waals surface area contributed by atoms with Crippen LogP contribution in [0.2, 0.25) is 0 Å². The Hall–Kier alpha value is -0.980. The van der Waals surface area contributed by atoms with Gasteiger partial charge in [-0.25, -0.2) is 0 Å². The summed E-state index contributed by atoms with van der Waals surface area (Å²) in [4.78, 5) is 0. The van der Waals surface area contributed by atoms with Gasteiger partial charge in [-0.05, 0) is 19.5 Å². The second-order valence-electron chi connectivity index (χ2n) is 1.59. The van der Waals surface area contributed by atoms with Crippen LogP contribution in [0, 0.1) is 0 Å². The molecule has 1 N–H and O–H groups in total. The highest BCUT2D eigenvalue weighted by atomic mass is 14.8. The topological polar surface area (TPSA) is 12.0 Å². The van der Waals surface area contributed by atoms with Gasteiger partial charge in [0.15, 0.2) is 0 Å². The second kappa shape index (κ2) is 57.9. The molecular formula is C13H29N. The first-order valence-electron chi connectivity index (χ1n) is 5.33. The van der Waals surface area contributed by atoms with Crippen molar-refractivity contribution in [1.29, 1.82) is 0 Å². The van der Waals surface area contributed by atoms with E-state index in [9.17, 15) is 0 Å². The van der Waals surface area contributed by atoms with Crippen molar-refractivity contribution < 1.29 is 0 Å². The highest BCUT2D eigenvalue weighted by Gasteiger charge is 1.57. The summed E-state index contributed by atoms with van der Waals surface area (Å²) in [6.45, 7) is 16.9. The summed E-state index contributed by atoms with van der Waals surface area (Å²) in [5.74, 6) is 0. The Morgan fingerprint density at radius 1 is 1.07 bits per heavy atom. The Kier molecular flexibility index (Phi) is 95.7. The van der Waals surface area contributed by atoms with Crippen LogP contribution in [-0.2, 0) is 0 Å². The Morgan fingerprint density at radius 2 is 1.43 bits per heavy atom. The Bertz CT molecular complexity index is 93.4. The lowest BCUT2D eigenvalue weighted by Gasteiger charge is -1.70. The predicted octanol–water partition coefficient (Wildman–Crippen LogP) is 4.54. The molecule has 0 rings (SSSR count). The van der Waals surface area contributed by atoms with Crippen molar-refractivity contribution in [3.8, 4) is 0 Å². The fourth-order valence-electron chi connectivity index (χ4n) is 0.232. The number of nitrogens with one attached hydrogen (secondary N) is 1. The third-order valence-corrected chi connectivity index (χ3v) is 0.743. The van der Waals surface area contributed by atoms with E-state index in [0.29, 0.717) is 0 Å². The molecule has 0 aliphatic heterocycles. The predicted molar refractivity (Wildman–Crippen MR) is 71.6 cm³/mol. The van der Waals surface area contributed by atoms with E-state index in [1.165, 1.54) is 0 Å². The molecule has 0 fully saturated rings. The molecule has 0 radical (unpaired) electrons. The molecule has 0 aromatic heterocycles. The lowest BCUT2D eigenvalue weighted by atomic mass is 10.4. The highest BCUT2D eigenvalue weighted by Crippen LogP contribution is 1.78. The molecule has 0 saturated heterocycles. The van der Waals surface area contributed by atoms with Crippen LogP contribution in [-0.4, -0.2) is 7.05 Å². The summed E-state index contributed by atoms with van der Waals surface area (Å²) in [7, 11) is 1.81. The molecule has 86 valence electrons. The van der Waals surface area contributed by atoms with Gasteiger partial charge in [-0.3, -0.25) is 0 Å². The summed E-state index contributed by atoms with van der Waals surface area (Å²) < 4.78 is 0. The molecular weight excluding hydrogens is 170 g/mol. The highest BCUT2D eigenvalue weighted by molar-refractivity contribution is 4.85. The molecule has 0 saturated carbocycles. The summed E-state index contributed by atoms with van der Waals surface area (Å²) in [5, 5.41) is 2.69. The van der Waals surface area contributed by atoms with Gasteiger partial charge in [-0.2, -0.15) is 0 Å². The van der Waals surface area contributed by atoms with Gasteiger partial charge in [0, 0.05) is 7.05 Å². The van der Waals surface area contributed by atoms with Gasteiger partial charge in [0.25, 0.3) is 0 Å². The van der Waals surface area contributed by atoms with E-state index in [0.717, 1.165) is 6.42 Å². The Balaban J connectivity index is -0.0000000546. The lowest BCUT2D eigenvalue weighted by Crippen LogP contribution is -1.87. The summed E-state index contributed by atoms with van der Waals surface area (Å²) in [6, 6.07) is 0. The van der Waals surface area contributed by atoms with Crippen LogP contribution in [0.1, 0.15) is 41.0 Å². The third-order valence-electron chi connectivity index (χ3n) is 0.743. The van der Waals surface area contributed by atoms with Crippen LogP contribution >= 0.6 is 0 Å². The molecule has 0 spiro atoms. The number of allylic oxidation sites excluding steroid dienone is 3. The molecule has 0 atom stereocenters. The SMILES string of the molecule is C=CC/C=C\C.C=CNC.CC.CC. The fourth-order valence-corrected chi connectivity index (χ4v) is 0.232. The molecule has 0 bridgehead atoms. The van der Waals surface area contributed by atoms with Crippen LogP contribution in [0.3, 0.4) is 0 Å². The van der Waals surface area contributed by atoms with E-state index < -0.39 is 0 Å². The van der Waals surface area contributed by atoms with Crippen molar-refractivity contribution in [3.63, 3.8) is 0 Å². The van der Waals surface area contributed by atoms with E-state index >= 15 is 0 Å². The molecule has 0 aliphatic carbocycles. The summed E-state index contributed by atoms with van der Waals surface area (Å²) in [5.41, 5.74) is 0. The van der Waals surface area contributed by atoms with Crippen LogP contribution in [0.15, 0.2) is 37.6 Å². The van der Waals surface area contributed by atoms with Gasteiger partial charge in [0.2, 0.25) is 0 Å². The van der Waals surface area contributed by atoms with Crippen LogP contribution in [0.25, 0.3) is 0 Å². The monoisotopic (exact) mass is 199 g/mol. The fraction of sp³-hybridized carbons (Fsp3) is 0.538. The zero-order valence-electron chi connectivity index (χ0n) is 10.9. The first-order chi connectivity index (χ1) is 6.83. The van der Waals surface area contributed by atoms with Crippen molar-refractivity contribution in [1.82, 2.24) is 5.32 Å². The number of rotatable bonds is 3. The molecule has 0 aromatic rings. The molecule has 0 unspecified atom stereocenters. The van der Waals surface area contributed by atoms with Gasteiger partial charge < -0.3 is 5.32 Å². The quantitative estimate of drug-likeness (QED) is 0.658. The minimum absolute atomic E-state index is 0.997. The van der Waals surface area contributed by atoms with Crippen LogP contribution < -0.4 is 5.32 Å². The van der Waals surface area contributed by atoms with Gasteiger partial charge in [-0.15, -0.1) is 6.58 Å². The summed E-state index contributed by atoms with van der Waals surface area (Å²) in [6.07, 6.45) is 8.57. The third kappa shape index (κ3) is 121. The van der Waals surface area contributed by atoms with Gasteiger partial charge in [0.1, 0.15) is 0 Å². The Labute approximate surface area is 91.6 Å². The first kappa shape index (κ1) is 23.1. The van der Waals surface area contributed by atoms with Crippen molar-refractivity contribution in [3.05, 3.63) is 37.6 Å². The zero-order valence-corrected chi connectivity index (χ0v) is 10.9. The van der Waals surface area contributed by atoms with Crippen molar-refractivity contribution in [2.45, 2.75) is 41.0 Å². The minimum atomic E-state index is 0.997. The van der Waals surface area contributed by atoms with Crippen molar-refractivity contribution >= 4 is 0 Å². The summed E-state index contributed by atoms with van der Waals surface area (Å²) >= 11 is 0. The van der Waals surface area contributed by atoms with Crippen molar-refractivity contribution in [2.75, 3.05) is 7.05 Å². The number of hydrogen-bond acceptors (Lipinski definition) is 1. The van der Waals surface area contributed by atoms with Gasteiger partial charge in [-0.1, -0.05) is 52.5 Å². The second-order valence-corrected chi connectivity index (χ2v) is 1.59. The van der Waals surface area contributed by atoms with Crippen LogP contribution in [0.4, 0.5) is 0 Å². The average molecular weight is 199 g/mol. The smallest absolute Gasteiger partial charge is 0.00275 e. The lowest BCUT2D eigenvalue weighted by molar-refractivity contribution is 1.11. The molecule has 14 heavy (non-hydrogen) atoms. The molecule has 1 nitrogen and oxygen atoms in total. The molecule has 0 amide bonds. The average Bonchev–Trinajstić information content (AvgIpc) is 2.32. The normalized spacial score (nSPS) is 6.43. The minimum Gasteiger partial charge on any atom is -0.394 e. The molecule has 1 heteroatoms. The van der Waals surface area contributed by atoms with E-state index in [-0.39, 0.29) is 0 Å². The van der Waals surface area contributed by atoms with Crippen molar-refractivity contribution in [2.24, 2.45) is 0 Å². The Morgan fingerprint density at radius 3 is 1.50 bits per heavy atom. The number of hydrogen-bond donors (Lipinski definition) is 1. The van der Waals surface area contributed by atoms with Gasteiger partial charge >= 0.3 is 0 Å². The maximum Gasteiger partial charge on any atom is 0.00275 e. The first-order valence-corrected chi connectivity index (χ1v) is 5.33. The largest absolute Gasteiger partial charge is 0.394 e. The van der Waals surface area contributed by atoms with E-state index in [1.54, 1.807) is 6.20 Å². The standard InChI is InChI=1S/C6H10.C3H7N.2C2H6/c1-3-5-6-4-2;1-3-4-2;2*1-2/h3-4,6H,1,5H2,2H3;3-4H,1H2,2H3;2*1-2H3/b6-4-;;;. The van der Waals surface area contributed by atoms with Gasteiger partial charge in [0.05, 0.1) is 0 Å². The van der Waals surface area contributed by atoms with Crippen LogP contribution in [0.5, 0.6) is 0 Å². The molecule has 0 heterocycles. The molecule has 0 aliphatic rings.